The third-order valence-corrected chi connectivity index (χ3v) is 4.02. The quantitative estimate of drug-likeness (QED) is 0.797. The molecule has 18 heavy (non-hydrogen) atoms. The highest BCUT2D eigenvalue weighted by Gasteiger charge is 2.37. The Morgan fingerprint density at radius 1 is 1.22 bits per heavy atom. The largest absolute Gasteiger partial charge is 0.371 e. The Hall–Kier alpha value is -0.0800. The van der Waals surface area contributed by atoms with Crippen molar-refractivity contribution >= 4 is 0 Å². The summed E-state index contributed by atoms with van der Waals surface area (Å²) in [7, 11) is 0. The molecule has 2 nitrogen and oxygen atoms in total. The molecule has 2 heteroatoms. The van der Waals surface area contributed by atoms with Crippen LogP contribution in [-0.4, -0.2) is 23.8 Å². The predicted octanol–water partition coefficient (Wildman–Crippen LogP) is 4.14. The van der Waals surface area contributed by atoms with E-state index in [4.69, 9.17) is 4.74 Å². The van der Waals surface area contributed by atoms with Gasteiger partial charge in [-0.25, -0.2) is 0 Å². The SMILES string of the molecule is CCC1CCC(CNC(C)(C)C)(OC(C)C)CC1. The van der Waals surface area contributed by atoms with Crippen LogP contribution < -0.4 is 5.32 Å². The van der Waals surface area contributed by atoms with E-state index in [1.54, 1.807) is 0 Å². The Balaban J connectivity index is 2.60. The van der Waals surface area contributed by atoms with Crippen LogP contribution in [-0.2, 0) is 4.74 Å². The molecule has 1 rings (SSSR count). The molecule has 1 N–H and O–H groups in total. The molecule has 1 saturated carbocycles. The van der Waals surface area contributed by atoms with Crippen LogP contribution in [0.25, 0.3) is 0 Å². The van der Waals surface area contributed by atoms with Crippen LogP contribution in [0.5, 0.6) is 0 Å². The van der Waals surface area contributed by atoms with E-state index in [1.807, 2.05) is 0 Å². The number of hydrogen-bond acceptors (Lipinski definition) is 2. The predicted molar refractivity (Wildman–Crippen MR) is 79.0 cm³/mol. The molecule has 0 aromatic carbocycles. The summed E-state index contributed by atoms with van der Waals surface area (Å²) in [6, 6.07) is 0. The average molecular weight is 255 g/mol. The number of rotatable bonds is 5. The highest BCUT2D eigenvalue weighted by molar-refractivity contribution is 4.91. The highest BCUT2D eigenvalue weighted by atomic mass is 16.5. The zero-order valence-electron chi connectivity index (χ0n) is 13.3. The first-order valence-electron chi connectivity index (χ1n) is 7.69. The van der Waals surface area contributed by atoms with Crippen molar-refractivity contribution in [1.29, 1.82) is 0 Å². The first-order valence-corrected chi connectivity index (χ1v) is 7.69. The zero-order valence-corrected chi connectivity index (χ0v) is 13.3. The lowest BCUT2D eigenvalue weighted by atomic mass is 9.77. The van der Waals surface area contributed by atoms with E-state index >= 15 is 0 Å². The molecule has 108 valence electrons. The topological polar surface area (TPSA) is 21.3 Å². The molecule has 0 bridgehead atoms. The number of ether oxygens (including phenoxy) is 1. The summed E-state index contributed by atoms with van der Waals surface area (Å²) in [5.41, 5.74) is 0.252. The fourth-order valence-electron chi connectivity index (χ4n) is 2.87. The lowest BCUT2D eigenvalue weighted by molar-refractivity contribution is -0.108. The molecular weight excluding hydrogens is 222 g/mol. The lowest BCUT2D eigenvalue weighted by Crippen LogP contribution is -2.51. The van der Waals surface area contributed by atoms with E-state index in [2.05, 4.69) is 46.9 Å². The first-order chi connectivity index (χ1) is 8.26. The van der Waals surface area contributed by atoms with Crippen molar-refractivity contribution in [3.8, 4) is 0 Å². The third-order valence-electron chi connectivity index (χ3n) is 4.02. The van der Waals surface area contributed by atoms with Crippen molar-refractivity contribution < 1.29 is 4.74 Å². The van der Waals surface area contributed by atoms with Crippen LogP contribution in [0, 0.1) is 5.92 Å². The molecule has 0 aromatic rings. The molecule has 0 saturated heterocycles. The van der Waals surface area contributed by atoms with E-state index in [1.165, 1.54) is 32.1 Å². The molecule has 1 aliphatic carbocycles. The normalized spacial score (nSPS) is 29.8. The van der Waals surface area contributed by atoms with Crippen LogP contribution in [0.2, 0.25) is 0 Å². The standard InChI is InChI=1S/C16H33NO/c1-7-14-8-10-16(11-9-14,18-13(2)3)12-17-15(4,5)6/h13-14,17H,7-12H2,1-6H3. The van der Waals surface area contributed by atoms with Crippen molar-refractivity contribution in [3.05, 3.63) is 0 Å². The van der Waals surface area contributed by atoms with Gasteiger partial charge in [0.15, 0.2) is 0 Å². The molecule has 0 atom stereocenters. The minimum Gasteiger partial charge on any atom is -0.371 e. The van der Waals surface area contributed by atoms with Gasteiger partial charge < -0.3 is 10.1 Å². The molecule has 0 radical (unpaired) electrons. The first kappa shape index (κ1) is 16.0. The van der Waals surface area contributed by atoms with Gasteiger partial charge in [0.05, 0.1) is 11.7 Å². The average Bonchev–Trinajstić information content (AvgIpc) is 2.26. The van der Waals surface area contributed by atoms with Gasteiger partial charge in [0.25, 0.3) is 0 Å². The highest BCUT2D eigenvalue weighted by Crippen LogP contribution is 2.37. The maximum absolute atomic E-state index is 6.30. The molecule has 0 amide bonds. The van der Waals surface area contributed by atoms with Crippen molar-refractivity contribution in [2.45, 2.75) is 90.9 Å². The van der Waals surface area contributed by atoms with E-state index < -0.39 is 0 Å². The molecule has 0 unspecified atom stereocenters. The maximum atomic E-state index is 6.30. The van der Waals surface area contributed by atoms with Gasteiger partial charge in [0.1, 0.15) is 0 Å². The van der Waals surface area contributed by atoms with Crippen LogP contribution in [0.15, 0.2) is 0 Å². The maximum Gasteiger partial charge on any atom is 0.0810 e. The molecule has 1 aliphatic rings. The van der Waals surface area contributed by atoms with Gasteiger partial charge in [0.2, 0.25) is 0 Å². The van der Waals surface area contributed by atoms with Gasteiger partial charge in [-0.05, 0) is 66.2 Å². The molecule has 0 spiro atoms. The van der Waals surface area contributed by atoms with E-state index in [0.29, 0.717) is 6.10 Å². The van der Waals surface area contributed by atoms with Gasteiger partial charge in [-0.2, -0.15) is 0 Å². The van der Waals surface area contributed by atoms with Gasteiger partial charge in [-0.15, -0.1) is 0 Å². The number of hydrogen-bond donors (Lipinski definition) is 1. The second-order valence-corrected chi connectivity index (χ2v) is 7.30. The van der Waals surface area contributed by atoms with Gasteiger partial charge in [0, 0.05) is 12.1 Å². The fraction of sp³-hybridized carbons (Fsp3) is 1.00. The second kappa shape index (κ2) is 6.38. The third kappa shape index (κ3) is 5.27. The smallest absolute Gasteiger partial charge is 0.0810 e. The van der Waals surface area contributed by atoms with E-state index in [-0.39, 0.29) is 11.1 Å². The summed E-state index contributed by atoms with van der Waals surface area (Å²) in [4.78, 5) is 0. The molecule has 0 heterocycles. The van der Waals surface area contributed by atoms with Gasteiger partial charge in [-0.1, -0.05) is 13.3 Å². The second-order valence-electron chi connectivity index (χ2n) is 7.30. The Kier molecular flexibility index (Phi) is 5.67. The van der Waals surface area contributed by atoms with E-state index in [0.717, 1.165) is 12.5 Å². The van der Waals surface area contributed by atoms with Crippen LogP contribution in [0.1, 0.15) is 73.6 Å². The number of nitrogens with one attached hydrogen (secondary N) is 1. The van der Waals surface area contributed by atoms with Crippen molar-refractivity contribution in [2.24, 2.45) is 5.92 Å². The molecular formula is C16H33NO. The van der Waals surface area contributed by atoms with Crippen molar-refractivity contribution in [2.75, 3.05) is 6.54 Å². The lowest BCUT2D eigenvalue weighted by Gasteiger charge is -2.43. The minimum atomic E-state index is 0.0765. The minimum absolute atomic E-state index is 0.0765. The summed E-state index contributed by atoms with van der Waals surface area (Å²) >= 11 is 0. The Bertz CT molecular complexity index is 234. The van der Waals surface area contributed by atoms with E-state index in [9.17, 15) is 0 Å². The molecule has 0 aromatic heterocycles. The van der Waals surface area contributed by atoms with Crippen LogP contribution >= 0.6 is 0 Å². The van der Waals surface area contributed by atoms with Crippen LogP contribution in [0.4, 0.5) is 0 Å². The zero-order chi connectivity index (χ0) is 13.8. The fourth-order valence-corrected chi connectivity index (χ4v) is 2.87. The Labute approximate surface area is 114 Å². The molecule has 0 aliphatic heterocycles. The van der Waals surface area contributed by atoms with Crippen molar-refractivity contribution in [1.82, 2.24) is 5.32 Å². The van der Waals surface area contributed by atoms with Gasteiger partial charge >= 0.3 is 0 Å². The van der Waals surface area contributed by atoms with Gasteiger partial charge in [-0.3, -0.25) is 0 Å². The Morgan fingerprint density at radius 2 is 1.78 bits per heavy atom. The summed E-state index contributed by atoms with van der Waals surface area (Å²) in [6.07, 6.45) is 6.73. The summed E-state index contributed by atoms with van der Waals surface area (Å²) < 4.78 is 6.30. The summed E-state index contributed by atoms with van der Waals surface area (Å²) in [6.45, 7) is 14.3. The summed E-state index contributed by atoms with van der Waals surface area (Å²) in [5.74, 6) is 0.920. The van der Waals surface area contributed by atoms with Crippen molar-refractivity contribution in [3.63, 3.8) is 0 Å². The summed E-state index contributed by atoms with van der Waals surface area (Å²) in [5, 5.41) is 3.65. The molecule has 1 fully saturated rings. The Morgan fingerprint density at radius 3 is 2.17 bits per heavy atom. The monoisotopic (exact) mass is 255 g/mol. The van der Waals surface area contributed by atoms with Crippen LogP contribution in [0.3, 0.4) is 0 Å².